The van der Waals surface area contributed by atoms with Crippen LogP contribution < -0.4 is 4.90 Å². The Morgan fingerprint density at radius 3 is 1.49 bits per heavy atom. The van der Waals surface area contributed by atoms with E-state index in [1.54, 1.807) is 0 Å². The summed E-state index contributed by atoms with van der Waals surface area (Å²) in [5.41, 5.74) is 12.9. The number of hydrogen-bond acceptors (Lipinski definition) is 1. The molecule has 0 N–H and O–H groups in total. The molecule has 0 saturated heterocycles. The van der Waals surface area contributed by atoms with Gasteiger partial charge in [-0.15, -0.1) is 0 Å². The number of rotatable bonds is 6. The molecule has 3 nitrogen and oxygen atoms in total. The molecule has 0 atom stereocenters. The predicted octanol–water partition coefficient (Wildman–Crippen LogP) is 15.3. The van der Waals surface area contributed by atoms with E-state index in [0.717, 1.165) is 22.7 Å². The average Bonchev–Trinajstić information content (AvgIpc) is 3.82. The van der Waals surface area contributed by atoms with Crippen molar-refractivity contribution in [1.29, 1.82) is 0 Å². The van der Waals surface area contributed by atoms with Gasteiger partial charge in [0.2, 0.25) is 0 Å². The Morgan fingerprint density at radius 2 is 0.797 bits per heavy atom. The summed E-state index contributed by atoms with van der Waals surface area (Å²) < 4.78 is 4.82. The molecule has 0 radical (unpaired) electrons. The minimum absolute atomic E-state index is 1.10. The van der Waals surface area contributed by atoms with Crippen molar-refractivity contribution in [2.45, 2.75) is 0 Å². The molecular formula is C56H37N3. The molecule has 2 aromatic heterocycles. The van der Waals surface area contributed by atoms with Gasteiger partial charge in [-0.25, -0.2) is 0 Å². The van der Waals surface area contributed by atoms with Gasteiger partial charge in [-0.1, -0.05) is 158 Å². The number of hydrogen-bond donors (Lipinski definition) is 0. The fourth-order valence-electron chi connectivity index (χ4n) is 9.46. The zero-order valence-electron chi connectivity index (χ0n) is 32.2. The van der Waals surface area contributed by atoms with E-state index in [1.807, 2.05) is 0 Å². The van der Waals surface area contributed by atoms with E-state index in [0.29, 0.717) is 0 Å². The Balaban J connectivity index is 1.04. The molecule has 0 amide bonds. The zero-order valence-corrected chi connectivity index (χ0v) is 32.2. The molecule has 0 bridgehead atoms. The number of para-hydroxylation sites is 4. The van der Waals surface area contributed by atoms with Crippen molar-refractivity contribution in [3.63, 3.8) is 0 Å². The van der Waals surface area contributed by atoms with E-state index in [-0.39, 0.29) is 0 Å². The molecule has 0 unspecified atom stereocenters. The molecule has 3 heteroatoms. The van der Waals surface area contributed by atoms with Gasteiger partial charge in [0.1, 0.15) is 0 Å². The molecule has 59 heavy (non-hydrogen) atoms. The normalized spacial score (nSPS) is 11.7. The van der Waals surface area contributed by atoms with Crippen LogP contribution in [0, 0.1) is 0 Å². The highest BCUT2D eigenvalue weighted by molar-refractivity contribution is 6.13. The van der Waals surface area contributed by atoms with E-state index in [4.69, 9.17) is 0 Å². The number of nitrogens with zero attached hydrogens (tertiary/aromatic N) is 3. The van der Waals surface area contributed by atoms with Gasteiger partial charge in [0.25, 0.3) is 0 Å². The summed E-state index contributed by atoms with van der Waals surface area (Å²) in [6.07, 6.45) is 0. The van der Waals surface area contributed by atoms with Gasteiger partial charge < -0.3 is 14.0 Å². The lowest BCUT2D eigenvalue weighted by Crippen LogP contribution is -2.11. The van der Waals surface area contributed by atoms with Gasteiger partial charge >= 0.3 is 0 Å². The van der Waals surface area contributed by atoms with Crippen LogP contribution in [0.5, 0.6) is 0 Å². The third kappa shape index (κ3) is 5.22. The Kier molecular flexibility index (Phi) is 7.54. The third-order valence-electron chi connectivity index (χ3n) is 12.1. The second kappa shape index (κ2) is 13.4. The fraction of sp³-hybridized carbons (Fsp3) is 0. The van der Waals surface area contributed by atoms with Crippen LogP contribution in [0.2, 0.25) is 0 Å². The first kappa shape index (κ1) is 33.3. The summed E-state index contributed by atoms with van der Waals surface area (Å²) in [6, 6.07) is 81.7. The van der Waals surface area contributed by atoms with Crippen LogP contribution >= 0.6 is 0 Å². The van der Waals surface area contributed by atoms with Crippen LogP contribution in [0.25, 0.3) is 87.7 Å². The molecule has 10 aromatic carbocycles. The number of benzene rings is 10. The van der Waals surface area contributed by atoms with Crippen molar-refractivity contribution >= 4 is 82.2 Å². The molecule has 0 aliphatic heterocycles. The smallest absolute Gasteiger partial charge is 0.0547 e. The maximum absolute atomic E-state index is 2.45. The highest BCUT2D eigenvalue weighted by atomic mass is 15.1. The largest absolute Gasteiger partial charge is 0.309 e. The molecule has 0 spiro atoms. The maximum Gasteiger partial charge on any atom is 0.0547 e. The summed E-state index contributed by atoms with van der Waals surface area (Å²) in [5.74, 6) is 0. The van der Waals surface area contributed by atoms with Gasteiger partial charge in [0.05, 0.1) is 39.1 Å². The Bertz CT molecular complexity index is 3500. The van der Waals surface area contributed by atoms with E-state index in [9.17, 15) is 0 Å². The fourth-order valence-corrected chi connectivity index (χ4v) is 9.46. The Hall–Kier alpha value is -7.88. The molecule has 0 saturated carbocycles. The minimum atomic E-state index is 1.10. The van der Waals surface area contributed by atoms with Gasteiger partial charge in [0.15, 0.2) is 0 Å². The topological polar surface area (TPSA) is 13.1 Å². The Labute approximate surface area is 341 Å². The molecular weight excluding hydrogens is 715 g/mol. The third-order valence-corrected chi connectivity index (χ3v) is 12.1. The van der Waals surface area contributed by atoms with Crippen molar-refractivity contribution in [1.82, 2.24) is 9.13 Å². The van der Waals surface area contributed by atoms with Gasteiger partial charge in [0, 0.05) is 49.1 Å². The van der Waals surface area contributed by atoms with Crippen molar-refractivity contribution in [2.24, 2.45) is 0 Å². The first-order valence-electron chi connectivity index (χ1n) is 20.3. The van der Waals surface area contributed by atoms with Crippen LogP contribution in [0.4, 0.5) is 17.1 Å². The lowest BCUT2D eigenvalue weighted by atomic mass is 10.0. The van der Waals surface area contributed by atoms with Crippen molar-refractivity contribution in [3.8, 4) is 22.5 Å². The lowest BCUT2D eigenvalue weighted by molar-refractivity contribution is 1.18. The highest BCUT2D eigenvalue weighted by Gasteiger charge is 2.21. The van der Waals surface area contributed by atoms with Crippen LogP contribution in [0.3, 0.4) is 0 Å². The van der Waals surface area contributed by atoms with Crippen molar-refractivity contribution in [2.75, 3.05) is 4.90 Å². The molecule has 276 valence electrons. The number of aromatic nitrogens is 2. The van der Waals surface area contributed by atoms with E-state index in [1.165, 1.54) is 82.0 Å². The van der Waals surface area contributed by atoms with Crippen molar-refractivity contribution in [3.05, 3.63) is 224 Å². The summed E-state index contributed by atoms with van der Waals surface area (Å²) >= 11 is 0. The zero-order chi connectivity index (χ0) is 38.9. The van der Waals surface area contributed by atoms with E-state index < -0.39 is 0 Å². The van der Waals surface area contributed by atoms with Gasteiger partial charge in [-0.3, -0.25) is 0 Å². The molecule has 0 aliphatic rings. The quantitative estimate of drug-likeness (QED) is 0.165. The van der Waals surface area contributed by atoms with Gasteiger partial charge in [-0.05, 0) is 83.2 Å². The van der Waals surface area contributed by atoms with Crippen LogP contribution in [0.15, 0.2) is 224 Å². The summed E-state index contributed by atoms with van der Waals surface area (Å²) in [4.78, 5) is 2.45. The summed E-state index contributed by atoms with van der Waals surface area (Å²) in [6.45, 7) is 0. The predicted molar refractivity (Wildman–Crippen MR) is 250 cm³/mol. The minimum Gasteiger partial charge on any atom is -0.309 e. The number of fused-ring (bicyclic) bond motifs is 8. The molecule has 12 rings (SSSR count). The van der Waals surface area contributed by atoms with Crippen LogP contribution in [0.1, 0.15) is 0 Å². The molecule has 0 aliphatic carbocycles. The summed E-state index contributed by atoms with van der Waals surface area (Å²) in [7, 11) is 0. The monoisotopic (exact) mass is 751 g/mol. The Morgan fingerprint density at radius 1 is 0.288 bits per heavy atom. The number of anilines is 3. The van der Waals surface area contributed by atoms with E-state index >= 15 is 0 Å². The molecule has 2 heterocycles. The van der Waals surface area contributed by atoms with Gasteiger partial charge in [-0.2, -0.15) is 0 Å². The highest BCUT2D eigenvalue weighted by Crippen LogP contribution is 2.45. The maximum atomic E-state index is 2.45. The second-order valence-corrected chi connectivity index (χ2v) is 15.3. The van der Waals surface area contributed by atoms with Crippen LogP contribution in [-0.2, 0) is 0 Å². The van der Waals surface area contributed by atoms with E-state index in [2.05, 4.69) is 238 Å². The average molecular weight is 752 g/mol. The SMILES string of the molecule is c1ccc(-n2c3ccccc3c3ccc(-c4ccc(N(c5cccc6ccccc56)c5ccc(-n6c7ccccc7c7ccccc76)c6ccccc56)cc4)cc32)cc1. The first-order valence-corrected chi connectivity index (χ1v) is 20.3. The lowest BCUT2D eigenvalue weighted by Gasteiger charge is -2.29. The second-order valence-electron chi connectivity index (χ2n) is 15.3. The standard InChI is InChI=1S/C56H37N3/c1-2-17-41(18-3-1)58-51-25-11-8-24-48(51)49-34-31-40(37-56(49)58)38-29-32-42(33-30-38)57(50-28-14-16-39-15-4-5-19-43(39)50)54-35-36-55(47-21-7-6-20-46(47)54)59-52-26-12-9-22-44(52)45-23-10-13-27-53(45)59/h1-37H. The molecule has 12 aromatic rings. The first-order chi connectivity index (χ1) is 29.3. The van der Waals surface area contributed by atoms with Crippen molar-refractivity contribution < 1.29 is 0 Å². The summed E-state index contributed by atoms with van der Waals surface area (Å²) in [5, 5.41) is 9.82. The van der Waals surface area contributed by atoms with Crippen LogP contribution in [-0.4, -0.2) is 9.13 Å². The molecule has 0 fully saturated rings.